The van der Waals surface area contributed by atoms with Gasteiger partial charge in [0.2, 0.25) is 0 Å². The van der Waals surface area contributed by atoms with Crippen molar-refractivity contribution in [2.24, 2.45) is 0 Å². The van der Waals surface area contributed by atoms with E-state index in [1.54, 1.807) is 36.0 Å². The molecule has 0 amide bonds. The maximum Gasteiger partial charge on any atom is 0.308 e. The van der Waals surface area contributed by atoms with Crippen molar-refractivity contribution in [2.45, 2.75) is 75.7 Å². The van der Waals surface area contributed by atoms with Gasteiger partial charge in [-0.05, 0) is 37.8 Å². The van der Waals surface area contributed by atoms with Gasteiger partial charge in [0, 0.05) is 48.3 Å². The predicted octanol–water partition coefficient (Wildman–Crippen LogP) is 6.34. The van der Waals surface area contributed by atoms with Gasteiger partial charge in [-0.25, -0.2) is 0 Å². The van der Waals surface area contributed by atoms with Gasteiger partial charge < -0.3 is 19.7 Å². The number of para-hydroxylation sites is 2. The molecule has 0 aliphatic carbocycles. The summed E-state index contributed by atoms with van der Waals surface area (Å²) in [6.07, 6.45) is 3.72. The molecular weight excluding hydrogens is 496 g/mol. The number of carbonyl (C=O) groups is 4. The average molecular weight is 531 g/mol. The smallest absolute Gasteiger partial charge is 0.308 e. The van der Waals surface area contributed by atoms with Crippen LogP contribution in [0.5, 0.6) is 11.5 Å². The SMILES string of the molecule is CC(=O)Oc1ccccc1C(CCCCC(=O)O)SC(CCCCC(=O)O)c1ccccc1OC(C)=O. The lowest BCUT2D eigenvalue weighted by Crippen LogP contribution is -2.09. The first-order chi connectivity index (χ1) is 17.7. The normalized spacial score (nSPS) is 12.4. The lowest BCUT2D eigenvalue weighted by molar-refractivity contribution is -0.138. The minimum Gasteiger partial charge on any atom is -0.481 e. The fourth-order valence-corrected chi connectivity index (χ4v) is 5.68. The highest BCUT2D eigenvalue weighted by Crippen LogP contribution is 2.49. The number of carboxylic acids is 2. The summed E-state index contributed by atoms with van der Waals surface area (Å²) in [5.41, 5.74) is 1.64. The fraction of sp³-hybridized carbons (Fsp3) is 0.429. The zero-order valence-electron chi connectivity index (χ0n) is 21.2. The van der Waals surface area contributed by atoms with E-state index in [0.29, 0.717) is 50.0 Å². The molecule has 0 saturated carbocycles. The molecule has 0 aromatic heterocycles. The van der Waals surface area contributed by atoms with Crippen LogP contribution < -0.4 is 9.47 Å². The summed E-state index contributed by atoms with van der Waals surface area (Å²) < 4.78 is 11.0. The number of ether oxygens (including phenoxy) is 2. The minimum atomic E-state index is -0.851. The zero-order chi connectivity index (χ0) is 27.2. The van der Waals surface area contributed by atoms with Crippen molar-refractivity contribution < 1.29 is 38.9 Å². The van der Waals surface area contributed by atoms with E-state index in [9.17, 15) is 19.2 Å². The van der Waals surface area contributed by atoms with E-state index in [4.69, 9.17) is 19.7 Å². The second-order valence-corrected chi connectivity index (χ2v) is 10.1. The van der Waals surface area contributed by atoms with E-state index in [1.165, 1.54) is 13.8 Å². The highest BCUT2D eigenvalue weighted by molar-refractivity contribution is 7.99. The number of esters is 2. The molecule has 200 valence electrons. The summed E-state index contributed by atoms with van der Waals surface area (Å²) in [6, 6.07) is 14.6. The maximum atomic E-state index is 11.8. The number of benzene rings is 2. The monoisotopic (exact) mass is 530 g/mol. The molecule has 0 heterocycles. The van der Waals surface area contributed by atoms with E-state index in [1.807, 2.05) is 24.3 Å². The van der Waals surface area contributed by atoms with E-state index in [2.05, 4.69) is 0 Å². The van der Waals surface area contributed by atoms with Gasteiger partial charge in [0.05, 0.1) is 0 Å². The molecular formula is C28H34O8S. The molecule has 0 saturated heterocycles. The third-order valence-corrected chi connectivity index (χ3v) is 7.22. The number of carbonyl (C=O) groups excluding carboxylic acids is 2. The Morgan fingerprint density at radius 1 is 0.676 bits per heavy atom. The molecule has 2 aromatic carbocycles. The lowest BCUT2D eigenvalue weighted by atomic mass is 10.0. The molecule has 2 N–H and O–H groups in total. The second-order valence-electron chi connectivity index (χ2n) is 8.66. The van der Waals surface area contributed by atoms with Crippen molar-refractivity contribution in [3.05, 3.63) is 59.7 Å². The van der Waals surface area contributed by atoms with Crippen LogP contribution in [0.3, 0.4) is 0 Å². The number of unbranched alkanes of at least 4 members (excludes halogenated alkanes) is 2. The van der Waals surface area contributed by atoms with E-state index < -0.39 is 23.9 Å². The number of hydrogen-bond donors (Lipinski definition) is 2. The van der Waals surface area contributed by atoms with Crippen LogP contribution in [0.15, 0.2) is 48.5 Å². The van der Waals surface area contributed by atoms with Crippen LogP contribution in [0.2, 0.25) is 0 Å². The van der Waals surface area contributed by atoms with Gasteiger partial charge in [0.1, 0.15) is 11.5 Å². The van der Waals surface area contributed by atoms with Gasteiger partial charge >= 0.3 is 23.9 Å². The van der Waals surface area contributed by atoms with Crippen LogP contribution in [0.25, 0.3) is 0 Å². The van der Waals surface area contributed by atoms with Crippen LogP contribution in [0, 0.1) is 0 Å². The number of thioether (sulfide) groups is 1. The van der Waals surface area contributed by atoms with Crippen molar-refractivity contribution in [1.82, 2.24) is 0 Å². The largest absolute Gasteiger partial charge is 0.481 e. The van der Waals surface area contributed by atoms with Crippen molar-refractivity contribution >= 4 is 35.6 Å². The molecule has 2 aromatic rings. The summed E-state index contributed by atoms with van der Waals surface area (Å²) in [7, 11) is 0. The number of rotatable bonds is 16. The van der Waals surface area contributed by atoms with Gasteiger partial charge in [-0.15, -0.1) is 11.8 Å². The Morgan fingerprint density at radius 2 is 1.05 bits per heavy atom. The highest BCUT2D eigenvalue weighted by Gasteiger charge is 2.25. The Kier molecular flexibility index (Phi) is 12.7. The van der Waals surface area contributed by atoms with Crippen LogP contribution >= 0.6 is 11.8 Å². The molecule has 2 rings (SSSR count). The van der Waals surface area contributed by atoms with Crippen LogP contribution in [0.1, 0.15) is 86.8 Å². The fourth-order valence-electron chi connectivity index (χ4n) is 3.99. The molecule has 0 fully saturated rings. The molecule has 2 unspecified atom stereocenters. The molecule has 0 spiro atoms. The Morgan fingerprint density at radius 3 is 1.41 bits per heavy atom. The van der Waals surface area contributed by atoms with Crippen LogP contribution in [-0.2, 0) is 19.2 Å². The summed E-state index contributed by atoms with van der Waals surface area (Å²) in [5, 5.41) is 17.8. The highest BCUT2D eigenvalue weighted by atomic mass is 32.2. The molecule has 8 nitrogen and oxygen atoms in total. The molecule has 2 atom stereocenters. The van der Waals surface area contributed by atoms with Gasteiger partial charge in [-0.2, -0.15) is 0 Å². The van der Waals surface area contributed by atoms with Crippen LogP contribution in [-0.4, -0.2) is 34.1 Å². The van der Waals surface area contributed by atoms with Crippen molar-refractivity contribution in [3.8, 4) is 11.5 Å². The van der Waals surface area contributed by atoms with E-state index >= 15 is 0 Å². The van der Waals surface area contributed by atoms with Crippen molar-refractivity contribution in [3.63, 3.8) is 0 Å². The first kappa shape index (κ1) is 29.9. The Bertz CT molecular complexity index is 984. The minimum absolute atomic E-state index is 0.0664. The molecule has 9 heteroatoms. The number of carboxylic acid groups (broad SMARTS) is 2. The summed E-state index contributed by atoms with van der Waals surface area (Å²) in [6.45, 7) is 2.68. The molecule has 0 aliphatic rings. The van der Waals surface area contributed by atoms with Crippen molar-refractivity contribution in [2.75, 3.05) is 0 Å². The summed E-state index contributed by atoms with van der Waals surface area (Å²) in [5.74, 6) is -1.68. The topological polar surface area (TPSA) is 127 Å². The van der Waals surface area contributed by atoms with E-state index in [-0.39, 0.29) is 23.3 Å². The first-order valence-electron chi connectivity index (χ1n) is 12.3. The number of aliphatic carboxylic acids is 2. The average Bonchev–Trinajstić information content (AvgIpc) is 2.82. The summed E-state index contributed by atoms with van der Waals surface area (Å²) >= 11 is 1.62. The van der Waals surface area contributed by atoms with Crippen LogP contribution in [0.4, 0.5) is 0 Å². The maximum absolute atomic E-state index is 11.8. The second kappa shape index (κ2) is 15.7. The standard InChI is InChI=1S/C28H34O8S/c1-19(29)35-23-13-5-3-11-21(23)25(15-7-9-17-27(31)32)37-26(16-8-10-18-28(33)34)22-12-4-6-14-24(22)36-20(2)30/h3-6,11-14,25-26H,7-10,15-18H2,1-2H3,(H,31,32)(H,33,34). The predicted molar refractivity (Wildman–Crippen MR) is 141 cm³/mol. The lowest BCUT2D eigenvalue weighted by Gasteiger charge is -2.26. The summed E-state index contributed by atoms with van der Waals surface area (Å²) in [4.78, 5) is 45.6. The first-order valence-corrected chi connectivity index (χ1v) is 13.3. The quantitative estimate of drug-likeness (QED) is 0.145. The molecule has 0 aliphatic heterocycles. The van der Waals surface area contributed by atoms with E-state index in [0.717, 1.165) is 11.1 Å². The Hall–Kier alpha value is -3.33. The Labute approximate surface area is 221 Å². The Balaban J connectivity index is 2.41. The zero-order valence-corrected chi connectivity index (χ0v) is 22.0. The third-order valence-electron chi connectivity index (χ3n) is 5.58. The van der Waals surface area contributed by atoms with Gasteiger partial charge in [0.25, 0.3) is 0 Å². The van der Waals surface area contributed by atoms with Gasteiger partial charge in [0.15, 0.2) is 0 Å². The molecule has 0 bridgehead atoms. The van der Waals surface area contributed by atoms with Gasteiger partial charge in [-0.3, -0.25) is 19.2 Å². The third kappa shape index (κ3) is 11.1. The number of hydrogen-bond acceptors (Lipinski definition) is 7. The molecule has 0 radical (unpaired) electrons. The molecule has 37 heavy (non-hydrogen) atoms. The van der Waals surface area contributed by atoms with Crippen molar-refractivity contribution in [1.29, 1.82) is 0 Å². The van der Waals surface area contributed by atoms with Gasteiger partial charge in [-0.1, -0.05) is 49.2 Å².